The maximum Gasteiger partial charge on any atom is 0.315 e. The fourth-order valence-corrected chi connectivity index (χ4v) is 2.56. The van der Waals surface area contributed by atoms with Crippen molar-refractivity contribution in [2.45, 2.75) is 47.0 Å². The van der Waals surface area contributed by atoms with Crippen LogP contribution in [0.5, 0.6) is 0 Å². The van der Waals surface area contributed by atoms with Crippen LogP contribution >= 0.6 is 0 Å². The van der Waals surface area contributed by atoms with E-state index in [1.165, 1.54) is 13.2 Å². The highest BCUT2D eigenvalue weighted by molar-refractivity contribution is 5.73. The first-order valence-electron chi connectivity index (χ1n) is 8.13. The summed E-state index contributed by atoms with van der Waals surface area (Å²) < 4.78 is 18.5. The van der Waals surface area contributed by atoms with Crippen molar-refractivity contribution >= 4 is 6.03 Å². The second-order valence-corrected chi connectivity index (χ2v) is 7.07. The van der Waals surface area contributed by atoms with Gasteiger partial charge in [0.15, 0.2) is 0 Å². The molecule has 0 fully saturated rings. The Balaban J connectivity index is 2.51. The summed E-state index contributed by atoms with van der Waals surface area (Å²) in [7, 11) is 1.51. The number of methoxy groups -OCH3 is 1. The molecule has 1 unspecified atom stereocenters. The van der Waals surface area contributed by atoms with Crippen LogP contribution in [0.15, 0.2) is 18.2 Å². The largest absolute Gasteiger partial charge is 0.392 e. The Morgan fingerprint density at radius 2 is 2.00 bits per heavy atom. The van der Waals surface area contributed by atoms with Crippen LogP contribution in [0.3, 0.4) is 0 Å². The molecule has 0 spiro atoms. The van der Waals surface area contributed by atoms with Crippen molar-refractivity contribution in [1.82, 2.24) is 10.6 Å². The van der Waals surface area contributed by atoms with Crippen molar-refractivity contribution in [3.63, 3.8) is 0 Å². The lowest BCUT2D eigenvalue weighted by molar-refractivity contribution is 0.0151. The molecule has 3 N–H and O–H groups in total. The van der Waals surface area contributed by atoms with E-state index in [4.69, 9.17) is 4.74 Å². The zero-order valence-corrected chi connectivity index (χ0v) is 15.1. The van der Waals surface area contributed by atoms with Crippen molar-refractivity contribution in [3.05, 3.63) is 35.1 Å². The summed E-state index contributed by atoms with van der Waals surface area (Å²) in [6.07, 6.45) is -0.508. The molecule has 1 aromatic rings. The Bertz CT molecular complexity index is 547. The number of nitrogens with one attached hydrogen (secondary N) is 2. The standard InChI is InChI=1S/C18H29FN2O3/c1-12(2)16(22)18(3,4)11-21-17(23)20-9-13-6-7-15(19)14(8-13)10-24-5/h6-8,12,16,22H,9-11H2,1-5H3,(H2,20,21,23). The minimum atomic E-state index is -0.508. The molecule has 136 valence electrons. The number of hydrogen-bond acceptors (Lipinski definition) is 3. The van der Waals surface area contributed by atoms with E-state index in [0.717, 1.165) is 5.56 Å². The van der Waals surface area contributed by atoms with E-state index >= 15 is 0 Å². The second-order valence-electron chi connectivity index (χ2n) is 7.07. The molecule has 1 atom stereocenters. The van der Waals surface area contributed by atoms with Crippen LogP contribution in [0, 0.1) is 17.2 Å². The normalized spacial score (nSPS) is 13.0. The van der Waals surface area contributed by atoms with Crippen LogP contribution in [0.2, 0.25) is 0 Å². The van der Waals surface area contributed by atoms with Gasteiger partial charge >= 0.3 is 6.03 Å². The number of amides is 2. The van der Waals surface area contributed by atoms with Gasteiger partial charge in [-0.3, -0.25) is 0 Å². The summed E-state index contributed by atoms with van der Waals surface area (Å²) in [5.74, 6) is -0.210. The summed E-state index contributed by atoms with van der Waals surface area (Å²) in [5, 5.41) is 15.7. The highest BCUT2D eigenvalue weighted by atomic mass is 19.1. The van der Waals surface area contributed by atoms with E-state index in [1.807, 2.05) is 27.7 Å². The van der Waals surface area contributed by atoms with Crippen LogP contribution in [-0.4, -0.2) is 30.9 Å². The first kappa shape index (κ1) is 20.4. The molecular weight excluding hydrogens is 311 g/mol. The van der Waals surface area contributed by atoms with E-state index in [-0.39, 0.29) is 30.9 Å². The van der Waals surface area contributed by atoms with Crippen molar-refractivity contribution in [3.8, 4) is 0 Å². The molecule has 0 heterocycles. The van der Waals surface area contributed by atoms with Gasteiger partial charge in [0.25, 0.3) is 0 Å². The van der Waals surface area contributed by atoms with Gasteiger partial charge in [-0.25, -0.2) is 9.18 Å². The van der Waals surface area contributed by atoms with Crippen molar-refractivity contribution < 1.29 is 19.0 Å². The number of hydrogen-bond donors (Lipinski definition) is 3. The Morgan fingerprint density at radius 3 is 2.58 bits per heavy atom. The fourth-order valence-electron chi connectivity index (χ4n) is 2.56. The Morgan fingerprint density at radius 1 is 1.33 bits per heavy atom. The molecule has 24 heavy (non-hydrogen) atoms. The molecule has 0 aliphatic rings. The minimum Gasteiger partial charge on any atom is -0.392 e. The van der Waals surface area contributed by atoms with Crippen LogP contribution in [0.1, 0.15) is 38.8 Å². The number of halogens is 1. The Labute approximate surface area is 143 Å². The van der Waals surface area contributed by atoms with E-state index < -0.39 is 11.5 Å². The summed E-state index contributed by atoms with van der Waals surface area (Å²) in [5.41, 5.74) is 0.825. The molecule has 0 aromatic heterocycles. The maximum atomic E-state index is 13.5. The van der Waals surface area contributed by atoms with E-state index in [0.29, 0.717) is 12.1 Å². The molecule has 2 amide bonds. The third kappa shape index (κ3) is 6.09. The van der Waals surface area contributed by atoms with Crippen molar-refractivity contribution in [1.29, 1.82) is 0 Å². The van der Waals surface area contributed by atoms with Gasteiger partial charge in [0.2, 0.25) is 0 Å². The summed E-state index contributed by atoms with van der Waals surface area (Å²) >= 11 is 0. The molecule has 0 saturated heterocycles. The van der Waals surface area contributed by atoms with Crippen LogP contribution < -0.4 is 10.6 Å². The summed E-state index contributed by atoms with van der Waals surface area (Å²) in [6.45, 7) is 8.54. The van der Waals surface area contributed by atoms with Gasteiger partial charge in [-0.2, -0.15) is 0 Å². The number of ether oxygens (including phenoxy) is 1. The molecule has 0 aliphatic heterocycles. The first-order valence-corrected chi connectivity index (χ1v) is 8.13. The molecule has 0 bridgehead atoms. The van der Waals surface area contributed by atoms with Gasteiger partial charge in [-0.05, 0) is 23.6 Å². The minimum absolute atomic E-state index is 0.114. The average molecular weight is 340 g/mol. The predicted octanol–water partition coefficient (Wildman–Crippen LogP) is 2.81. The van der Waals surface area contributed by atoms with Gasteiger partial charge in [-0.1, -0.05) is 33.8 Å². The maximum absolute atomic E-state index is 13.5. The van der Waals surface area contributed by atoms with Gasteiger partial charge in [0.05, 0.1) is 12.7 Å². The molecule has 1 rings (SSSR count). The van der Waals surface area contributed by atoms with Gasteiger partial charge < -0.3 is 20.5 Å². The van der Waals surface area contributed by atoms with E-state index in [2.05, 4.69) is 10.6 Å². The number of rotatable bonds is 8. The number of aliphatic hydroxyl groups is 1. The highest BCUT2D eigenvalue weighted by Gasteiger charge is 2.30. The number of carbonyl (C=O) groups is 1. The zero-order chi connectivity index (χ0) is 18.3. The SMILES string of the molecule is COCc1cc(CNC(=O)NCC(C)(C)C(O)C(C)C)ccc1F. The lowest BCUT2D eigenvalue weighted by Gasteiger charge is -2.33. The van der Waals surface area contributed by atoms with Gasteiger partial charge in [0, 0.05) is 31.2 Å². The number of urea groups is 1. The smallest absolute Gasteiger partial charge is 0.315 e. The quantitative estimate of drug-likeness (QED) is 0.681. The summed E-state index contributed by atoms with van der Waals surface area (Å²) in [6, 6.07) is 4.34. The lowest BCUT2D eigenvalue weighted by atomic mass is 9.81. The van der Waals surface area contributed by atoms with Crippen LogP contribution in [0.25, 0.3) is 0 Å². The third-order valence-corrected chi connectivity index (χ3v) is 4.00. The molecular formula is C18H29FN2O3. The molecule has 0 aliphatic carbocycles. The summed E-state index contributed by atoms with van der Waals surface area (Å²) in [4.78, 5) is 11.9. The Kier molecular flexibility index (Phi) is 7.63. The molecule has 0 saturated carbocycles. The monoisotopic (exact) mass is 340 g/mol. The molecule has 1 aromatic carbocycles. The van der Waals surface area contributed by atoms with Crippen LogP contribution in [-0.2, 0) is 17.9 Å². The first-order chi connectivity index (χ1) is 11.2. The zero-order valence-electron chi connectivity index (χ0n) is 15.1. The van der Waals surface area contributed by atoms with E-state index in [9.17, 15) is 14.3 Å². The molecule has 5 nitrogen and oxygen atoms in total. The van der Waals surface area contributed by atoms with Crippen molar-refractivity contribution in [2.75, 3.05) is 13.7 Å². The van der Waals surface area contributed by atoms with Crippen LogP contribution in [0.4, 0.5) is 9.18 Å². The Hall–Kier alpha value is -1.66. The topological polar surface area (TPSA) is 70.6 Å². The predicted molar refractivity (Wildman–Crippen MR) is 92.0 cm³/mol. The third-order valence-electron chi connectivity index (χ3n) is 4.00. The number of carbonyl (C=O) groups excluding carboxylic acids is 1. The highest BCUT2D eigenvalue weighted by Crippen LogP contribution is 2.24. The second kappa shape index (κ2) is 8.99. The number of benzene rings is 1. The molecule has 6 heteroatoms. The van der Waals surface area contributed by atoms with Gasteiger partial charge in [-0.15, -0.1) is 0 Å². The average Bonchev–Trinajstić information content (AvgIpc) is 2.53. The van der Waals surface area contributed by atoms with Crippen molar-refractivity contribution in [2.24, 2.45) is 11.3 Å². The lowest BCUT2D eigenvalue weighted by Crippen LogP contribution is -2.46. The fraction of sp³-hybridized carbons (Fsp3) is 0.611. The molecule has 0 radical (unpaired) electrons. The number of aliphatic hydroxyl groups excluding tert-OH is 1. The van der Waals surface area contributed by atoms with E-state index in [1.54, 1.807) is 12.1 Å². The van der Waals surface area contributed by atoms with Gasteiger partial charge in [0.1, 0.15) is 5.82 Å².